The molecular formula is C16H19ClN4O3S. The molecule has 1 N–H and O–H groups in total. The van der Waals surface area contributed by atoms with Gasteiger partial charge in [-0.2, -0.15) is 8.42 Å². The summed E-state index contributed by atoms with van der Waals surface area (Å²) in [6, 6.07) is 6.38. The first kappa shape index (κ1) is 17.9. The highest BCUT2D eigenvalue weighted by atomic mass is 35.5. The topological polar surface area (TPSA) is 82.1 Å². The van der Waals surface area contributed by atoms with Crippen molar-refractivity contribution in [2.24, 2.45) is 4.40 Å². The summed E-state index contributed by atoms with van der Waals surface area (Å²) in [6.07, 6.45) is 4.61. The monoisotopic (exact) mass is 382 g/mol. The van der Waals surface area contributed by atoms with E-state index in [2.05, 4.69) is 9.82 Å². The molecule has 1 saturated heterocycles. The number of piperidine rings is 1. The van der Waals surface area contributed by atoms with E-state index in [1.54, 1.807) is 36.2 Å². The van der Waals surface area contributed by atoms with E-state index in [4.69, 9.17) is 11.6 Å². The first-order valence-corrected chi connectivity index (χ1v) is 9.79. The average Bonchev–Trinajstić information content (AvgIpc) is 2.56. The van der Waals surface area contributed by atoms with E-state index >= 15 is 0 Å². The maximum atomic E-state index is 12.6. The molecule has 0 bridgehead atoms. The van der Waals surface area contributed by atoms with Crippen LogP contribution in [0.3, 0.4) is 0 Å². The number of nitrogens with zero attached hydrogens (tertiary/aromatic N) is 3. The van der Waals surface area contributed by atoms with Gasteiger partial charge in [0.25, 0.3) is 5.91 Å². The number of rotatable bonds is 3. The molecule has 0 atom stereocenters. The van der Waals surface area contributed by atoms with E-state index < -0.39 is 16.1 Å². The summed E-state index contributed by atoms with van der Waals surface area (Å²) in [5.41, 5.74) is 3.41. The van der Waals surface area contributed by atoms with Crippen LogP contribution in [-0.4, -0.2) is 38.1 Å². The number of carbonyl (C=O) groups excluding carboxylic acids is 1. The molecule has 0 spiro atoms. The summed E-state index contributed by atoms with van der Waals surface area (Å²) in [4.78, 5) is 12.4. The number of nitrogens with one attached hydrogen (secondary N) is 1. The Morgan fingerprint density at radius 1 is 1.16 bits per heavy atom. The lowest BCUT2D eigenvalue weighted by atomic mass is 10.2. The van der Waals surface area contributed by atoms with Crippen LogP contribution < -0.4 is 9.73 Å². The summed E-state index contributed by atoms with van der Waals surface area (Å²) < 4.78 is 29.9. The number of hydrazine groups is 1. The third kappa shape index (κ3) is 4.02. The van der Waals surface area contributed by atoms with Crippen molar-refractivity contribution in [2.75, 3.05) is 17.4 Å². The van der Waals surface area contributed by atoms with Gasteiger partial charge in [0.1, 0.15) is 5.71 Å². The number of hydrogen-bond donors (Lipinski definition) is 1. The van der Waals surface area contributed by atoms with Gasteiger partial charge in [-0.25, -0.2) is 9.31 Å². The van der Waals surface area contributed by atoms with Crippen LogP contribution in [0, 0.1) is 0 Å². The standard InChI is InChI=1S/C16H19ClN4O3S/c1-12-11-15(16(22)18-20-9-3-2-4-10-20)19-25(23,24)21(12)14-7-5-13(17)6-8-14/h5-8,11H,2-4,9-10H2,1H3,(H,18,22). The van der Waals surface area contributed by atoms with Crippen LogP contribution in [0.15, 0.2) is 40.4 Å². The zero-order chi connectivity index (χ0) is 18.0. The van der Waals surface area contributed by atoms with E-state index in [0.717, 1.165) is 36.7 Å². The van der Waals surface area contributed by atoms with Crippen molar-refractivity contribution < 1.29 is 13.2 Å². The second-order valence-corrected chi connectivity index (χ2v) is 7.85. The highest BCUT2D eigenvalue weighted by Gasteiger charge is 2.30. The molecule has 0 aromatic heterocycles. The van der Waals surface area contributed by atoms with Crippen LogP contribution in [0.25, 0.3) is 0 Å². The number of halogens is 1. The first-order valence-electron chi connectivity index (χ1n) is 8.02. The van der Waals surface area contributed by atoms with Crippen molar-refractivity contribution in [2.45, 2.75) is 26.2 Å². The minimum Gasteiger partial charge on any atom is -0.283 e. The zero-order valence-corrected chi connectivity index (χ0v) is 15.3. The molecule has 2 aliphatic rings. The molecule has 0 aliphatic carbocycles. The van der Waals surface area contributed by atoms with Crippen molar-refractivity contribution in [1.29, 1.82) is 0 Å². The number of benzene rings is 1. The van der Waals surface area contributed by atoms with E-state index in [0.29, 0.717) is 16.4 Å². The molecule has 134 valence electrons. The predicted octanol–water partition coefficient (Wildman–Crippen LogP) is 2.27. The highest BCUT2D eigenvalue weighted by Crippen LogP contribution is 2.28. The minimum atomic E-state index is -4.04. The number of amides is 1. The molecule has 0 saturated carbocycles. The zero-order valence-electron chi connectivity index (χ0n) is 13.8. The Kier molecular flexibility index (Phi) is 5.12. The Morgan fingerprint density at radius 2 is 1.80 bits per heavy atom. The van der Waals surface area contributed by atoms with Crippen LogP contribution in [0.5, 0.6) is 0 Å². The maximum Gasteiger partial charge on any atom is 0.349 e. The van der Waals surface area contributed by atoms with Crippen molar-refractivity contribution >= 4 is 39.1 Å². The molecule has 1 fully saturated rings. The fraction of sp³-hybridized carbons (Fsp3) is 0.375. The van der Waals surface area contributed by atoms with Crippen LogP contribution in [0.4, 0.5) is 5.69 Å². The number of hydrogen-bond acceptors (Lipinski definition) is 4. The van der Waals surface area contributed by atoms with Crippen LogP contribution in [0.1, 0.15) is 26.2 Å². The lowest BCUT2D eigenvalue weighted by Gasteiger charge is -2.28. The van der Waals surface area contributed by atoms with Gasteiger partial charge in [-0.3, -0.25) is 10.2 Å². The third-order valence-corrected chi connectivity index (χ3v) is 5.66. The van der Waals surface area contributed by atoms with Crippen molar-refractivity contribution in [3.63, 3.8) is 0 Å². The van der Waals surface area contributed by atoms with E-state index in [9.17, 15) is 13.2 Å². The molecule has 2 aliphatic heterocycles. The van der Waals surface area contributed by atoms with Crippen LogP contribution >= 0.6 is 11.6 Å². The molecule has 3 rings (SSSR count). The van der Waals surface area contributed by atoms with Gasteiger partial charge in [-0.15, -0.1) is 4.40 Å². The quantitative estimate of drug-likeness (QED) is 0.869. The molecule has 2 heterocycles. The summed E-state index contributed by atoms with van der Waals surface area (Å²) in [5.74, 6) is -0.513. The minimum absolute atomic E-state index is 0.117. The van der Waals surface area contributed by atoms with E-state index in [1.165, 1.54) is 6.08 Å². The smallest absolute Gasteiger partial charge is 0.283 e. The molecule has 1 aromatic rings. The van der Waals surface area contributed by atoms with Gasteiger partial charge >= 0.3 is 10.2 Å². The molecular weight excluding hydrogens is 364 g/mol. The largest absolute Gasteiger partial charge is 0.349 e. The summed E-state index contributed by atoms with van der Waals surface area (Å²) in [7, 11) is -4.04. The first-order chi connectivity index (χ1) is 11.9. The molecule has 0 unspecified atom stereocenters. The predicted molar refractivity (Wildman–Crippen MR) is 97.6 cm³/mol. The fourth-order valence-corrected chi connectivity index (χ4v) is 4.25. The Hall–Kier alpha value is -1.90. The van der Waals surface area contributed by atoms with Gasteiger partial charge in [0.2, 0.25) is 0 Å². The SMILES string of the molecule is CC1=CC(C(=O)NN2CCCCC2)=NS(=O)(=O)N1c1ccc(Cl)cc1. The van der Waals surface area contributed by atoms with Crippen LogP contribution in [0.2, 0.25) is 5.02 Å². The van der Waals surface area contributed by atoms with E-state index in [1.807, 2.05) is 0 Å². The lowest BCUT2D eigenvalue weighted by Crippen LogP contribution is -2.48. The molecule has 9 heteroatoms. The molecule has 25 heavy (non-hydrogen) atoms. The van der Waals surface area contributed by atoms with Crippen molar-refractivity contribution in [1.82, 2.24) is 10.4 Å². The number of carbonyl (C=O) groups is 1. The lowest BCUT2D eigenvalue weighted by molar-refractivity contribution is -0.119. The van der Waals surface area contributed by atoms with Gasteiger partial charge in [-0.1, -0.05) is 18.0 Å². The fourth-order valence-electron chi connectivity index (χ4n) is 2.86. The third-order valence-electron chi connectivity index (χ3n) is 4.02. The number of allylic oxidation sites excluding steroid dienone is 1. The Balaban J connectivity index is 1.82. The Bertz CT molecular complexity index is 827. The highest BCUT2D eigenvalue weighted by molar-refractivity contribution is 7.92. The summed E-state index contributed by atoms with van der Waals surface area (Å²) >= 11 is 5.85. The average molecular weight is 383 g/mol. The van der Waals surface area contributed by atoms with Crippen molar-refractivity contribution in [3.05, 3.63) is 41.1 Å². The van der Waals surface area contributed by atoms with Gasteiger partial charge in [0.15, 0.2) is 0 Å². The Labute approximate surface area is 152 Å². The van der Waals surface area contributed by atoms with Crippen molar-refractivity contribution in [3.8, 4) is 0 Å². The van der Waals surface area contributed by atoms with E-state index in [-0.39, 0.29) is 5.71 Å². The Morgan fingerprint density at radius 3 is 2.40 bits per heavy atom. The molecule has 7 nitrogen and oxygen atoms in total. The molecule has 1 aromatic carbocycles. The van der Waals surface area contributed by atoms with Gasteiger partial charge in [-0.05, 0) is 50.1 Å². The van der Waals surface area contributed by atoms with Gasteiger partial charge in [0, 0.05) is 23.8 Å². The molecule has 1 amide bonds. The molecule has 0 radical (unpaired) electrons. The second-order valence-electron chi connectivity index (χ2n) is 5.97. The maximum absolute atomic E-state index is 12.6. The normalized spacial score (nSPS) is 20.6. The van der Waals surface area contributed by atoms with Gasteiger partial charge < -0.3 is 0 Å². The number of anilines is 1. The summed E-state index contributed by atoms with van der Waals surface area (Å²) in [5, 5.41) is 2.31. The van der Waals surface area contributed by atoms with Crippen LogP contribution in [-0.2, 0) is 15.0 Å². The van der Waals surface area contributed by atoms with Gasteiger partial charge in [0.05, 0.1) is 5.69 Å². The second kappa shape index (κ2) is 7.15. The summed E-state index contributed by atoms with van der Waals surface area (Å²) in [6.45, 7) is 3.13.